The number of hydrogen-bond acceptors (Lipinski definition) is 7. The van der Waals surface area contributed by atoms with Gasteiger partial charge in [0.2, 0.25) is 0 Å². The fraction of sp³-hybridized carbons (Fsp3) is 0.200. The summed E-state index contributed by atoms with van der Waals surface area (Å²) < 4.78 is 23.0. The molecule has 1 aliphatic rings. The first-order chi connectivity index (χ1) is 15.6. The summed E-state index contributed by atoms with van der Waals surface area (Å²) in [5, 5.41) is 16.5. The Morgan fingerprint density at radius 2 is 2.22 bits per heavy atom. The highest BCUT2D eigenvalue weighted by atomic mass is 19.1. The van der Waals surface area contributed by atoms with E-state index in [0.717, 1.165) is 5.69 Å². The van der Waals surface area contributed by atoms with Gasteiger partial charge in [0.1, 0.15) is 23.1 Å². The number of imidazole rings is 1. The summed E-state index contributed by atoms with van der Waals surface area (Å²) in [7, 11) is 1.74. The van der Waals surface area contributed by atoms with Crippen molar-refractivity contribution in [3.8, 4) is 11.6 Å². The number of carbonyl (C=O) groups is 1. The number of aromatic nitrogens is 8. The second kappa shape index (κ2) is 6.83. The molecule has 0 saturated carbocycles. The first-order valence-electron chi connectivity index (χ1n) is 9.89. The summed E-state index contributed by atoms with van der Waals surface area (Å²) in [6.07, 6.45) is 5.40. The third-order valence-electron chi connectivity index (χ3n) is 5.58. The molecule has 0 saturated heterocycles. The molecule has 0 fully saturated rings. The summed E-state index contributed by atoms with van der Waals surface area (Å²) in [4.78, 5) is 22.5. The lowest BCUT2D eigenvalue weighted by Gasteiger charge is -2.32. The predicted molar refractivity (Wildman–Crippen MR) is 107 cm³/mol. The monoisotopic (exact) mass is 433 g/mol. The van der Waals surface area contributed by atoms with Crippen molar-refractivity contribution in [2.45, 2.75) is 12.5 Å². The van der Waals surface area contributed by atoms with Crippen LogP contribution in [-0.4, -0.2) is 56.9 Å². The molecular weight excluding hydrogens is 417 g/mol. The van der Waals surface area contributed by atoms with Crippen LogP contribution in [0.1, 0.15) is 33.8 Å². The van der Waals surface area contributed by atoms with Gasteiger partial charge in [-0.05, 0) is 24.3 Å². The van der Waals surface area contributed by atoms with Gasteiger partial charge in [0.15, 0.2) is 0 Å². The highest BCUT2D eigenvalue weighted by Crippen LogP contribution is 2.34. The van der Waals surface area contributed by atoms with Crippen LogP contribution in [0.25, 0.3) is 17.1 Å². The van der Waals surface area contributed by atoms with Crippen LogP contribution in [0.2, 0.25) is 0 Å². The van der Waals surface area contributed by atoms with E-state index >= 15 is 0 Å². The van der Waals surface area contributed by atoms with Crippen LogP contribution >= 0.6 is 0 Å². The Labute approximate surface area is 179 Å². The molecule has 5 aromatic rings. The van der Waals surface area contributed by atoms with Crippen molar-refractivity contribution in [1.29, 1.82) is 0 Å². The topological polar surface area (TPSA) is 123 Å². The quantitative estimate of drug-likeness (QED) is 0.460. The zero-order valence-corrected chi connectivity index (χ0v) is 16.8. The SMILES string of the molecule is Cn1nccc1-c1nnc(C(=O)N2CCc3[nH]cnc3C2c2cc3c(F)cccn3n2)o1. The van der Waals surface area contributed by atoms with E-state index in [1.165, 1.54) is 10.6 Å². The summed E-state index contributed by atoms with van der Waals surface area (Å²) >= 11 is 0. The molecule has 6 heterocycles. The van der Waals surface area contributed by atoms with Crippen molar-refractivity contribution in [3.63, 3.8) is 0 Å². The number of H-pyrrole nitrogens is 1. The van der Waals surface area contributed by atoms with Crippen LogP contribution < -0.4 is 0 Å². The van der Waals surface area contributed by atoms with Crippen LogP contribution in [0, 0.1) is 5.82 Å². The molecule has 0 spiro atoms. The Hall–Kier alpha value is -4.35. The minimum absolute atomic E-state index is 0.153. The number of pyridine rings is 1. The molecule has 0 aliphatic carbocycles. The van der Waals surface area contributed by atoms with E-state index in [1.54, 1.807) is 53.5 Å². The van der Waals surface area contributed by atoms with Crippen LogP contribution in [0.5, 0.6) is 0 Å². The first kappa shape index (κ1) is 18.4. The maximum absolute atomic E-state index is 14.3. The smallest absolute Gasteiger partial charge is 0.312 e. The Morgan fingerprint density at radius 1 is 1.31 bits per heavy atom. The van der Waals surface area contributed by atoms with E-state index < -0.39 is 17.8 Å². The molecule has 0 aromatic carbocycles. The Bertz CT molecular complexity index is 1460. The van der Waals surface area contributed by atoms with Gasteiger partial charge in [-0.1, -0.05) is 0 Å². The fourth-order valence-electron chi connectivity index (χ4n) is 4.05. The van der Waals surface area contributed by atoms with E-state index in [0.29, 0.717) is 35.6 Å². The maximum atomic E-state index is 14.3. The van der Waals surface area contributed by atoms with E-state index in [1.807, 2.05) is 0 Å². The lowest BCUT2D eigenvalue weighted by atomic mass is 9.99. The van der Waals surface area contributed by atoms with Crippen molar-refractivity contribution in [3.05, 3.63) is 71.8 Å². The second-order valence-electron chi connectivity index (χ2n) is 7.42. The number of aryl methyl sites for hydroxylation is 1. The molecule has 0 radical (unpaired) electrons. The molecule has 1 atom stereocenters. The third-order valence-corrected chi connectivity index (χ3v) is 5.58. The molecule has 1 aliphatic heterocycles. The van der Waals surface area contributed by atoms with Gasteiger partial charge in [-0.3, -0.25) is 9.48 Å². The van der Waals surface area contributed by atoms with Gasteiger partial charge in [-0.15, -0.1) is 10.2 Å². The summed E-state index contributed by atoms with van der Waals surface area (Å²) in [5.74, 6) is -0.820. The summed E-state index contributed by atoms with van der Waals surface area (Å²) in [5.41, 5.74) is 2.95. The Balaban J connectivity index is 1.42. The number of hydrogen-bond donors (Lipinski definition) is 1. The fourth-order valence-corrected chi connectivity index (χ4v) is 4.05. The first-order valence-corrected chi connectivity index (χ1v) is 9.89. The molecule has 0 bridgehead atoms. The molecule has 11 nitrogen and oxygen atoms in total. The van der Waals surface area contributed by atoms with Gasteiger partial charge in [0.25, 0.3) is 5.89 Å². The van der Waals surface area contributed by atoms with E-state index in [2.05, 4.69) is 30.4 Å². The van der Waals surface area contributed by atoms with Crippen LogP contribution in [0.15, 0.2) is 47.4 Å². The average molecular weight is 433 g/mol. The molecule has 12 heteroatoms. The standard InChI is InChI=1S/C20H16FN9O2/c1-28-14(4-6-24-28)18-25-26-19(32-18)20(31)29-8-5-12-16(23-10-22-12)17(29)13-9-15-11(21)3-2-7-30(15)27-13/h2-4,6-7,9-10,17H,5,8H2,1H3,(H,22,23). The molecule has 5 aromatic heterocycles. The number of nitrogens with one attached hydrogen (secondary N) is 1. The van der Waals surface area contributed by atoms with Gasteiger partial charge in [0, 0.05) is 38.1 Å². The van der Waals surface area contributed by atoms with E-state index in [-0.39, 0.29) is 11.8 Å². The van der Waals surface area contributed by atoms with Crippen LogP contribution in [-0.2, 0) is 13.5 Å². The molecule has 1 unspecified atom stereocenters. The number of carbonyl (C=O) groups excluding carboxylic acids is 1. The van der Waals surface area contributed by atoms with Crippen LogP contribution in [0.4, 0.5) is 4.39 Å². The highest BCUT2D eigenvalue weighted by Gasteiger charge is 2.38. The zero-order chi connectivity index (χ0) is 21.8. The van der Waals surface area contributed by atoms with Gasteiger partial charge in [-0.25, -0.2) is 13.9 Å². The van der Waals surface area contributed by atoms with Gasteiger partial charge >= 0.3 is 11.8 Å². The van der Waals surface area contributed by atoms with Crippen LogP contribution in [0.3, 0.4) is 0 Å². The third kappa shape index (κ3) is 2.72. The molecular formula is C20H16FN9O2. The highest BCUT2D eigenvalue weighted by molar-refractivity contribution is 5.90. The van der Waals surface area contributed by atoms with Crippen molar-refractivity contribution in [1.82, 2.24) is 44.5 Å². The van der Waals surface area contributed by atoms with E-state index in [4.69, 9.17) is 4.42 Å². The summed E-state index contributed by atoms with van der Waals surface area (Å²) in [6, 6.07) is 5.64. The summed E-state index contributed by atoms with van der Waals surface area (Å²) in [6.45, 7) is 0.373. The Kier molecular flexibility index (Phi) is 3.93. The molecule has 1 N–H and O–H groups in total. The molecule has 1 amide bonds. The van der Waals surface area contributed by atoms with Gasteiger partial charge < -0.3 is 14.3 Å². The number of rotatable bonds is 3. The molecule has 6 rings (SSSR count). The molecule has 160 valence electrons. The lowest BCUT2D eigenvalue weighted by Crippen LogP contribution is -2.41. The largest absolute Gasteiger partial charge is 0.411 e. The van der Waals surface area contributed by atoms with Crippen molar-refractivity contribution >= 4 is 11.4 Å². The van der Waals surface area contributed by atoms with Gasteiger partial charge in [-0.2, -0.15) is 10.2 Å². The molecule has 32 heavy (non-hydrogen) atoms. The number of fused-ring (bicyclic) bond motifs is 2. The maximum Gasteiger partial charge on any atom is 0.312 e. The number of amides is 1. The second-order valence-corrected chi connectivity index (χ2v) is 7.42. The zero-order valence-electron chi connectivity index (χ0n) is 16.8. The van der Waals surface area contributed by atoms with Crippen molar-refractivity contribution in [2.24, 2.45) is 7.05 Å². The lowest BCUT2D eigenvalue weighted by molar-refractivity contribution is 0.0646. The van der Waals surface area contributed by atoms with Crippen molar-refractivity contribution < 1.29 is 13.6 Å². The minimum Gasteiger partial charge on any atom is -0.411 e. The van der Waals surface area contributed by atoms with E-state index in [9.17, 15) is 9.18 Å². The number of nitrogens with zero attached hydrogens (tertiary/aromatic N) is 8. The minimum atomic E-state index is -0.635. The average Bonchev–Trinajstić information content (AvgIpc) is 3.57. The van der Waals surface area contributed by atoms with Crippen molar-refractivity contribution in [2.75, 3.05) is 6.54 Å². The van der Waals surface area contributed by atoms with Gasteiger partial charge in [0.05, 0.1) is 17.7 Å². The number of aromatic amines is 1. The predicted octanol–water partition coefficient (Wildman–Crippen LogP) is 1.77. The normalized spacial score (nSPS) is 15.9. The Morgan fingerprint density at radius 3 is 3.03 bits per heavy atom. The number of halogens is 1.